The molecule has 1 amide bonds. The highest BCUT2D eigenvalue weighted by Crippen LogP contribution is 2.32. The molecular weight excluding hydrogens is 392 g/mol. The van der Waals surface area contributed by atoms with E-state index in [4.69, 9.17) is 16.0 Å². The zero-order valence-electron chi connectivity index (χ0n) is 16.0. The van der Waals surface area contributed by atoms with Crippen LogP contribution in [-0.4, -0.2) is 32.1 Å². The van der Waals surface area contributed by atoms with Crippen LogP contribution < -0.4 is 5.56 Å². The number of hydrogen-bond donors (Lipinski definition) is 0. The normalized spacial score (nSPS) is 16.3. The Labute approximate surface area is 172 Å². The minimum atomic E-state index is -0.292. The zero-order chi connectivity index (χ0) is 20.4. The smallest absolute Gasteiger partial charge is 0.267 e. The molecule has 3 heterocycles. The predicted molar refractivity (Wildman–Crippen MR) is 108 cm³/mol. The first-order chi connectivity index (χ1) is 14.0. The van der Waals surface area contributed by atoms with E-state index in [1.165, 1.54) is 10.7 Å². The summed E-state index contributed by atoms with van der Waals surface area (Å²) >= 11 is 6.04. The number of carbonyl (C=O) groups excluding carboxylic acids is 1. The van der Waals surface area contributed by atoms with Crippen molar-refractivity contribution in [1.82, 2.24) is 19.7 Å². The van der Waals surface area contributed by atoms with Gasteiger partial charge in [0.2, 0.25) is 11.8 Å². The topological polar surface area (TPSA) is 81.2 Å². The molecule has 7 nitrogen and oxygen atoms in total. The van der Waals surface area contributed by atoms with Crippen LogP contribution in [0.2, 0.25) is 5.02 Å². The highest BCUT2D eigenvalue weighted by molar-refractivity contribution is 6.30. The minimum absolute atomic E-state index is 0.0902. The summed E-state index contributed by atoms with van der Waals surface area (Å²) in [4.78, 5) is 30.9. The Bertz CT molecular complexity index is 1090. The monoisotopic (exact) mass is 412 g/mol. The second-order valence-electron chi connectivity index (χ2n) is 7.19. The molecule has 150 valence electrons. The van der Waals surface area contributed by atoms with Crippen molar-refractivity contribution in [3.05, 3.63) is 80.9 Å². The van der Waals surface area contributed by atoms with Gasteiger partial charge in [-0.25, -0.2) is 9.67 Å². The van der Waals surface area contributed by atoms with Gasteiger partial charge in [-0.1, -0.05) is 23.7 Å². The molecule has 1 atom stereocenters. The van der Waals surface area contributed by atoms with Crippen LogP contribution in [0.5, 0.6) is 0 Å². The quantitative estimate of drug-likeness (QED) is 0.643. The average Bonchev–Trinajstić information content (AvgIpc) is 3.34. The molecule has 2 aromatic heterocycles. The van der Waals surface area contributed by atoms with E-state index in [-0.39, 0.29) is 24.1 Å². The number of likely N-dealkylation sites (tertiary alicyclic amines) is 1. The number of hydrogen-bond acceptors (Lipinski definition) is 5. The van der Waals surface area contributed by atoms with Crippen molar-refractivity contribution in [2.24, 2.45) is 0 Å². The van der Waals surface area contributed by atoms with Crippen LogP contribution in [0.4, 0.5) is 0 Å². The fourth-order valence-corrected chi connectivity index (χ4v) is 3.82. The standard InChI is InChI=1S/C21H21ClN4O3/c1-14-7-8-19(27)26(24-14)13-20(28)25-9-3-6-18(25)21-23-12-17(29-21)11-15-4-2-5-16(22)10-15/h2,4-5,7-8,10,12,18H,3,6,9,11,13H2,1H3/t18-/m1/s1. The number of amides is 1. The lowest BCUT2D eigenvalue weighted by molar-refractivity contribution is -0.133. The van der Waals surface area contributed by atoms with Gasteiger partial charge in [0, 0.05) is 24.1 Å². The molecule has 1 saturated heterocycles. The molecule has 0 saturated carbocycles. The second-order valence-corrected chi connectivity index (χ2v) is 7.62. The lowest BCUT2D eigenvalue weighted by atomic mass is 10.1. The van der Waals surface area contributed by atoms with E-state index in [1.807, 2.05) is 24.3 Å². The fourth-order valence-electron chi connectivity index (χ4n) is 3.61. The van der Waals surface area contributed by atoms with E-state index in [0.29, 0.717) is 29.6 Å². The van der Waals surface area contributed by atoms with Crippen molar-refractivity contribution in [3.8, 4) is 0 Å². The Kier molecular flexibility index (Phi) is 5.49. The molecule has 0 radical (unpaired) electrons. The van der Waals surface area contributed by atoms with Gasteiger partial charge in [0.1, 0.15) is 18.3 Å². The van der Waals surface area contributed by atoms with Crippen LogP contribution in [0.3, 0.4) is 0 Å². The maximum absolute atomic E-state index is 12.8. The van der Waals surface area contributed by atoms with Crippen molar-refractivity contribution in [3.63, 3.8) is 0 Å². The molecular formula is C21H21ClN4O3. The van der Waals surface area contributed by atoms with Gasteiger partial charge in [-0.05, 0) is 43.5 Å². The van der Waals surface area contributed by atoms with E-state index >= 15 is 0 Å². The summed E-state index contributed by atoms with van der Waals surface area (Å²) in [7, 11) is 0. The van der Waals surface area contributed by atoms with E-state index in [2.05, 4.69) is 10.1 Å². The third kappa shape index (κ3) is 4.40. The lowest BCUT2D eigenvalue weighted by Gasteiger charge is -2.22. The van der Waals surface area contributed by atoms with Gasteiger partial charge in [0.15, 0.2) is 0 Å². The molecule has 1 aliphatic rings. The van der Waals surface area contributed by atoms with E-state index < -0.39 is 0 Å². The van der Waals surface area contributed by atoms with Crippen molar-refractivity contribution >= 4 is 17.5 Å². The fraction of sp³-hybridized carbons (Fsp3) is 0.333. The van der Waals surface area contributed by atoms with Crippen LogP contribution >= 0.6 is 11.6 Å². The van der Waals surface area contributed by atoms with Gasteiger partial charge in [-0.15, -0.1) is 0 Å². The molecule has 0 bridgehead atoms. The number of aryl methyl sites for hydroxylation is 1. The Morgan fingerprint density at radius 1 is 1.31 bits per heavy atom. The Morgan fingerprint density at radius 2 is 2.17 bits per heavy atom. The number of nitrogens with zero attached hydrogens (tertiary/aromatic N) is 4. The molecule has 0 unspecified atom stereocenters. The first-order valence-electron chi connectivity index (χ1n) is 9.53. The number of carbonyl (C=O) groups is 1. The van der Waals surface area contributed by atoms with Gasteiger partial charge in [0.25, 0.3) is 5.56 Å². The first kappa shape index (κ1) is 19.4. The number of rotatable bonds is 5. The Morgan fingerprint density at radius 3 is 3.00 bits per heavy atom. The van der Waals surface area contributed by atoms with Crippen LogP contribution in [0.1, 0.15) is 41.8 Å². The minimum Gasteiger partial charge on any atom is -0.443 e. The van der Waals surface area contributed by atoms with E-state index in [9.17, 15) is 9.59 Å². The summed E-state index contributed by atoms with van der Waals surface area (Å²) in [6.07, 6.45) is 3.91. The van der Waals surface area contributed by atoms with Crippen LogP contribution in [0.25, 0.3) is 0 Å². The molecule has 1 fully saturated rings. The average molecular weight is 413 g/mol. The largest absolute Gasteiger partial charge is 0.443 e. The van der Waals surface area contributed by atoms with Crippen molar-refractivity contribution in [2.75, 3.05) is 6.54 Å². The maximum atomic E-state index is 12.8. The Hall–Kier alpha value is -2.93. The molecule has 1 aromatic carbocycles. The van der Waals surface area contributed by atoms with Gasteiger partial charge in [0.05, 0.1) is 11.9 Å². The molecule has 29 heavy (non-hydrogen) atoms. The maximum Gasteiger partial charge on any atom is 0.267 e. The summed E-state index contributed by atoms with van der Waals surface area (Å²) in [6, 6.07) is 10.4. The highest BCUT2D eigenvalue weighted by atomic mass is 35.5. The van der Waals surface area contributed by atoms with Crippen molar-refractivity contribution in [1.29, 1.82) is 0 Å². The summed E-state index contributed by atoms with van der Waals surface area (Å²) in [5.74, 6) is 1.08. The third-order valence-electron chi connectivity index (χ3n) is 4.98. The Balaban J connectivity index is 1.48. The molecule has 1 aliphatic heterocycles. The molecule has 0 aliphatic carbocycles. The van der Waals surface area contributed by atoms with Crippen LogP contribution in [0.15, 0.2) is 51.8 Å². The summed E-state index contributed by atoms with van der Waals surface area (Å²) in [5, 5.41) is 4.82. The highest BCUT2D eigenvalue weighted by Gasteiger charge is 2.33. The molecule has 3 aromatic rings. The van der Waals surface area contributed by atoms with Crippen molar-refractivity contribution < 1.29 is 9.21 Å². The summed E-state index contributed by atoms with van der Waals surface area (Å²) in [6.45, 7) is 2.30. The summed E-state index contributed by atoms with van der Waals surface area (Å²) < 4.78 is 7.15. The van der Waals surface area contributed by atoms with Gasteiger partial charge in [-0.3, -0.25) is 9.59 Å². The molecule has 8 heteroatoms. The number of aromatic nitrogens is 3. The first-order valence-corrected chi connectivity index (χ1v) is 9.91. The SMILES string of the molecule is Cc1ccc(=O)n(CC(=O)N2CCC[C@@H]2c2ncc(Cc3cccc(Cl)c3)o2)n1. The number of oxazole rings is 1. The second kappa shape index (κ2) is 8.21. The van der Waals surface area contributed by atoms with Gasteiger partial charge < -0.3 is 9.32 Å². The lowest BCUT2D eigenvalue weighted by Crippen LogP contribution is -2.37. The van der Waals surface area contributed by atoms with Gasteiger partial charge in [-0.2, -0.15) is 5.10 Å². The summed E-state index contributed by atoms with van der Waals surface area (Å²) in [5.41, 5.74) is 1.43. The van der Waals surface area contributed by atoms with Crippen LogP contribution in [-0.2, 0) is 17.8 Å². The van der Waals surface area contributed by atoms with Crippen molar-refractivity contribution in [2.45, 2.75) is 38.8 Å². The zero-order valence-corrected chi connectivity index (χ0v) is 16.8. The number of benzene rings is 1. The van der Waals surface area contributed by atoms with E-state index in [0.717, 1.165) is 24.2 Å². The molecule has 4 rings (SSSR count). The molecule has 0 spiro atoms. The predicted octanol–water partition coefficient (Wildman–Crippen LogP) is 3.15. The third-order valence-corrected chi connectivity index (χ3v) is 5.22. The van der Waals surface area contributed by atoms with Crippen LogP contribution in [0, 0.1) is 6.92 Å². The molecule has 0 N–H and O–H groups in total. The van der Waals surface area contributed by atoms with E-state index in [1.54, 1.807) is 24.1 Å². The van der Waals surface area contributed by atoms with Gasteiger partial charge >= 0.3 is 0 Å². The number of halogens is 1.